The minimum absolute atomic E-state index is 0.215. The standard InChI is InChI=1S/C11H20NO6P/c1-14-11(13)10-3-2-4-12(10)9-19(15-5-6-16-19)17-7-8-18-19/h10H,2-9H2,1H3/t10-/m0/s1. The summed E-state index contributed by atoms with van der Waals surface area (Å²) in [5, 5.41) is 0. The van der Waals surface area contributed by atoms with Crippen LogP contribution in [-0.2, 0) is 27.6 Å². The molecule has 0 unspecified atom stereocenters. The van der Waals surface area contributed by atoms with Gasteiger partial charge in [-0.2, -0.15) is 0 Å². The molecular formula is C11H20NO6P. The van der Waals surface area contributed by atoms with Crippen LogP contribution in [0.1, 0.15) is 12.8 Å². The van der Waals surface area contributed by atoms with E-state index in [0.29, 0.717) is 32.7 Å². The zero-order chi connectivity index (χ0) is 13.4. The zero-order valence-electron chi connectivity index (χ0n) is 11.1. The molecule has 0 bridgehead atoms. The number of hydrogen-bond donors (Lipinski definition) is 0. The van der Waals surface area contributed by atoms with E-state index in [-0.39, 0.29) is 12.0 Å². The molecule has 3 heterocycles. The Morgan fingerprint density at radius 2 is 1.79 bits per heavy atom. The van der Waals surface area contributed by atoms with Gasteiger partial charge in [-0.1, -0.05) is 0 Å². The Kier molecular flexibility index (Phi) is 3.53. The summed E-state index contributed by atoms with van der Waals surface area (Å²) in [5.41, 5.74) is 0. The van der Waals surface area contributed by atoms with Crippen molar-refractivity contribution in [2.24, 2.45) is 0 Å². The van der Waals surface area contributed by atoms with Crippen molar-refractivity contribution in [1.29, 1.82) is 0 Å². The van der Waals surface area contributed by atoms with Gasteiger partial charge in [0.15, 0.2) is 0 Å². The van der Waals surface area contributed by atoms with Crippen LogP contribution in [0.3, 0.4) is 0 Å². The molecule has 0 saturated carbocycles. The molecule has 110 valence electrons. The van der Waals surface area contributed by atoms with Crippen LogP contribution in [-0.4, -0.2) is 63.3 Å². The molecule has 0 N–H and O–H groups in total. The number of esters is 1. The number of carbonyl (C=O) groups is 1. The molecule has 3 aliphatic heterocycles. The zero-order valence-corrected chi connectivity index (χ0v) is 12.0. The van der Waals surface area contributed by atoms with Gasteiger partial charge in [-0.05, 0) is 0 Å². The van der Waals surface area contributed by atoms with Gasteiger partial charge in [0.2, 0.25) is 0 Å². The van der Waals surface area contributed by atoms with E-state index in [1.165, 1.54) is 7.11 Å². The average Bonchev–Trinajstić information content (AvgIpc) is 3.13. The molecule has 0 aliphatic carbocycles. The monoisotopic (exact) mass is 293 g/mol. The quantitative estimate of drug-likeness (QED) is 0.565. The fourth-order valence-electron chi connectivity index (χ4n) is 2.94. The van der Waals surface area contributed by atoms with E-state index in [1.54, 1.807) is 0 Å². The van der Waals surface area contributed by atoms with Gasteiger partial charge in [-0.3, -0.25) is 0 Å². The SMILES string of the molecule is COC(=O)[C@@H]1CCCN1CP12(OCCO1)OCCO2. The Balaban J connectivity index is 1.77. The van der Waals surface area contributed by atoms with Crippen LogP contribution in [0.25, 0.3) is 0 Å². The van der Waals surface area contributed by atoms with Crippen LogP contribution in [0, 0.1) is 0 Å². The first-order valence-corrected chi connectivity index (χ1v) is 8.70. The minimum atomic E-state index is -3.45. The van der Waals surface area contributed by atoms with E-state index in [9.17, 15) is 4.79 Å². The van der Waals surface area contributed by atoms with Crippen LogP contribution in [0.2, 0.25) is 0 Å². The molecule has 0 amide bonds. The van der Waals surface area contributed by atoms with Gasteiger partial charge < -0.3 is 0 Å². The van der Waals surface area contributed by atoms with Gasteiger partial charge in [-0.25, -0.2) is 0 Å². The van der Waals surface area contributed by atoms with Gasteiger partial charge in [-0.15, -0.1) is 0 Å². The number of nitrogens with zero attached hydrogens (tertiary/aromatic N) is 1. The van der Waals surface area contributed by atoms with E-state index < -0.39 is 7.51 Å². The van der Waals surface area contributed by atoms with Gasteiger partial charge in [0.25, 0.3) is 0 Å². The number of likely N-dealkylation sites (tertiary alicyclic amines) is 1. The van der Waals surface area contributed by atoms with Crippen LogP contribution >= 0.6 is 7.51 Å². The molecule has 3 fully saturated rings. The molecule has 0 aromatic carbocycles. The summed E-state index contributed by atoms with van der Waals surface area (Å²) in [6.45, 7) is 2.73. The molecule has 3 saturated heterocycles. The molecule has 0 aromatic heterocycles. The van der Waals surface area contributed by atoms with Gasteiger partial charge >= 0.3 is 111 Å². The summed E-state index contributed by atoms with van der Waals surface area (Å²) in [5.74, 6) is -0.215. The molecule has 3 aliphatic rings. The van der Waals surface area contributed by atoms with Gasteiger partial charge in [0.1, 0.15) is 0 Å². The normalized spacial score (nSPS) is 35.2. The van der Waals surface area contributed by atoms with Crippen molar-refractivity contribution >= 4 is 13.5 Å². The molecule has 19 heavy (non-hydrogen) atoms. The first-order chi connectivity index (χ1) is 9.17. The maximum atomic E-state index is 11.8. The second-order valence-corrected chi connectivity index (χ2v) is 8.17. The van der Waals surface area contributed by atoms with Crippen molar-refractivity contribution in [3.8, 4) is 0 Å². The van der Waals surface area contributed by atoms with Crippen molar-refractivity contribution in [3.63, 3.8) is 0 Å². The Hall–Kier alpha value is -0.300. The second-order valence-electron chi connectivity index (χ2n) is 4.93. The van der Waals surface area contributed by atoms with Crippen LogP contribution in [0.5, 0.6) is 0 Å². The van der Waals surface area contributed by atoms with Crippen molar-refractivity contribution in [2.45, 2.75) is 18.9 Å². The van der Waals surface area contributed by atoms with E-state index in [4.69, 9.17) is 22.8 Å². The summed E-state index contributed by atoms with van der Waals surface area (Å²) >= 11 is 0. The Bertz CT molecular complexity index is 343. The third kappa shape index (κ3) is 2.28. The molecule has 3 rings (SSSR count). The second kappa shape index (κ2) is 4.91. The van der Waals surface area contributed by atoms with Crippen LogP contribution in [0.4, 0.5) is 0 Å². The average molecular weight is 293 g/mol. The number of methoxy groups -OCH3 is 1. The van der Waals surface area contributed by atoms with E-state index >= 15 is 0 Å². The first kappa shape index (κ1) is 13.7. The number of hydrogen-bond acceptors (Lipinski definition) is 7. The van der Waals surface area contributed by atoms with E-state index in [1.807, 2.05) is 4.90 Å². The molecule has 1 atom stereocenters. The number of carbonyl (C=O) groups excluding carboxylic acids is 1. The third-order valence-corrected chi connectivity index (χ3v) is 7.33. The van der Waals surface area contributed by atoms with E-state index in [2.05, 4.69) is 0 Å². The predicted octanol–water partition coefficient (Wildman–Crippen LogP) is 0.888. The first-order valence-electron chi connectivity index (χ1n) is 6.61. The predicted molar refractivity (Wildman–Crippen MR) is 67.3 cm³/mol. The third-order valence-electron chi connectivity index (χ3n) is 3.78. The van der Waals surface area contributed by atoms with Crippen LogP contribution < -0.4 is 0 Å². The molecule has 8 heteroatoms. The molecule has 1 spiro atoms. The molecule has 0 aromatic rings. The Labute approximate surface area is 112 Å². The molecule has 7 nitrogen and oxygen atoms in total. The Morgan fingerprint density at radius 3 is 2.32 bits per heavy atom. The van der Waals surface area contributed by atoms with Crippen molar-refractivity contribution in [1.82, 2.24) is 4.90 Å². The van der Waals surface area contributed by atoms with Gasteiger partial charge in [0.05, 0.1) is 0 Å². The number of ether oxygens (including phenoxy) is 1. The van der Waals surface area contributed by atoms with Gasteiger partial charge in [0, 0.05) is 0 Å². The fourth-order valence-corrected chi connectivity index (χ4v) is 6.35. The summed E-state index contributed by atoms with van der Waals surface area (Å²) in [4.78, 5) is 13.8. The number of rotatable bonds is 3. The Morgan fingerprint density at radius 1 is 1.21 bits per heavy atom. The molecular weight excluding hydrogens is 273 g/mol. The fraction of sp³-hybridized carbons (Fsp3) is 0.909. The maximum absolute atomic E-state index is 11.8. The van der Waals surface area contributed by atoms with Crippen molar-refractivity contribution in [3.05, 3.63) is 0 Å². The van der Waals surface area contributed by atoms with Crippen LogP contribution in [0.15, 0.2) is 0 Å². The summed E-state index contributed by atoms with van der Waals surface area (Å²) in [6.07, 6.45) is 2.14. The summed E-state index contributed by atoms with van der Waals surface area (Å²) in [6, 6.07) is -0.248. The molecule has 0 radical (unpaired) electrons. The topological polar surface area (TPSA) is 66.5 Å². The summed E-state index contributed by atoms with van der Waals surface area (Å²) in [7, 11) is -2.03. The van der Waals surface area contributed by atoms with Crippen molar-refractivity contribution < 1.29 is 27.6 Å². The summed E-state index contributed by atoms with van der Waals surface area (Å²) < 4.78 is 28.0. The van der Waals surface area contributed by atoms with Crippen molar-refractivity contribution in [2.75, 3.05) is 46.4 Å². The van der Waals surface area contributed by atoms with E-state index in [0.717, 1.165) is 19.4 Å².